The molecule has 0 amide bonds. The van der Waals surface area contributed by atoms with E-state index in [2.05, 4.69) is 19.0 Å². The van der Waals surface area contributed by atoms with Crippen molar-refractivity contribution in [3.05, 3.63) is 29.5 Å². The Balaban J connectivity index is 2.74. The number of benzene rings is 1. The second-order valence-electron chi connectivity index (χ2n) is 5.38. The SMILES string of the molecule is CC(C)c1ccc(C(C)C)c(-c2cnoc2N)c1O. The standard InChI is InChI=1S/C15H20N2O2/c1-8(2)10-5-6-11(9(3)4)14(18)13(10)12-7-17-19-15(12)16/h5-9,18H,16H2,1-4H3. The van der Waals surface area contributed by atoms with Gasteiger partial charge in [-0.25, -0.2) is 0 Å². The highest BCUT2D eigenvalue weighted by Crippen LogP contribution is 2.42. The molecular formula is C15H20N2O2. The van der Waals surface area contributed by atoms with Gasteiger partial charge in [-0.2, -0.15) is 0 Å². The Bertz CT molecular complexity index is 586. The zero-order valence-electron chi connectivity index (χ0n) is 11.8. The summed E-state index contributed by atoms with van der Waals surface area (Å²) >= 11 is 0. The lowest BCUT2D eigenvalue weighted by molar-refractivity contribution is 0.436. The number of nitrogen functional groups attached to an aromatic ring is 1. The fourth-order valence-corrected chi connectivity index (χ4v) is 2.29. The van der Waals surface area contributed by atoms with Gasteiger partial charge in [0.25, 0.3) is 0 Å². The zero-order valence-corrected chi connectivity index (χ0v) is 11.8. The molecule has 0 aliphatic carbocycles. The number of phenols is 1. The van der Waals surface area contributed by atoms with E-state index in [0.29, 0.717) is 5.56 Å². The van der Waals surface area contributed by atoms with Gasteiger partial charge in [0.05, 0.1) is 11.8 Å². The van der Waals surface area contributed by atoms with Crippen molar-refractivity contribution in [3.8, 4) is 16.9 Å². The fraction of sp³-hybridized carbons (Fsp3) is 0.400. The molecule has 4 heteroatoms. The van der Waals surface area contributed by atoms with Gasteiger partial charge in [-0.15, -0.1) is 0 Å². The molecule has 19 heavy (non-hydrogen) atoms. The molecule has 2 aromatic rings. The maximum atomic E-state index is 10.6. The third kappa shape index (κ3) is 2.30. The Morgan fingerprint density at radius 3 is 2.16 bits per heavy atom. The van der Waals surface area contributed by atoms with Crippen LogP contribution >= 0.6 is 0 Å². The van der Waals surface area contributed by atoms with Crippen LogP contribution in [0.1, 0.15) is 50.7 Å². The summed E-state index contributed by atoms with van der Waals surface area (Å²) in [6, 6.07) is 4.02. The van der Waals surface area contributed by atoms with Crippen LogP contribution < -0.4 is 5.73 Å². The predicted octanol–water partition coefficient (Wildman–Crippen LogP) is 3.88. The van der Waals surface area contributed by atoms with E-state index in [1.54, 1.807) is 6.20 Å². The first-order valence-corrected chi connectivity index (χ1v) is 6.49. The molecule has 0 aliphatic rings. The van der Waals surface area contributed by atoms with Crippen molar-refractivity contribution in [2.45, 2.75) is 39.5 Å². The lowest BCUT2D eigenvalue weighted by atomic mass is 9.88. The van der Waals surface area contributed by atoms with Crippen LogP contribution in [0.3, 0.4) is 0 Å². The van der Waals surface area contributed by atoms with Gasteiger partial charge in [-0.1, -0.05) is 45.0 Å². The highest BCUT2D eigenvalue weighted by molar-refractivity contribution is 5.81. The Morgan fingerprint density at radius 1 is 1.11 bits per heavy atom. The number of phenolic OH excluding ortho intramolecular Hbond substituents is 1. The molecule has 0 unspecified atom stereocenters. The minimum absolute atomic E-state index is 0.234. The Morgan fingerprint density at radius 2 is 1.68 bits per heavy atom. The highest BCUT2D eigenvalue weighted by Gasteiger charge is 2.21. The van der Waals surface area contributed by atoms with Crippen LogP contribution in [0.25, 0.3) is 11.1 Å². The van der Waals surface area contributed by atoms with Crippen LogP contribution in [0.15, 0.2) is 22.9 Å². The minimum Gasteiger partial charge on any atom is -0.507 e. The van der Waals surface area contributed by atoms with Gasteiger partial charge < -0.3 is 15.4 Å². The van der Waals surface area contributed by atoms with Crippen LogP contribution in [0.4, 0.5) is 5.88 Å². The number of hydrogen-bond donors (Lipinski definition) is 2. The molecule has 2 rings (SSSR count). The fourth-order valence-electron chi connectivity index (χ4n) is 2.29. The summed E-state index contributed by atoms with van der Waals surface area (Å²) in [4.78, 5) is 0. The molecule has 0 saturated heterocycles. The predicted molar refractivity (Wildman–Crippen MR) is 76.2 cm³/mol. The van der Waals surface area contributed by atoms with Gasteiger partial charge in [-0.05, 0) is 23.0 Å². The minimum atomic E-state index is 0.234. The van der Waals surface area contributed by atoms with Crippen molar-refractivity contribution < 1.29 is 9.63 Å². The molecule has 0 spiro atoms. The number of nitrogens with zero attached hydrogens (tertiary/aromatic N) is 1. The lowest BCUT2D eigenvalue weighted by Gasteiger charge is -2.18. The summed E-state index contributed by atoms with van der Waals surface area (Å²) in [5.41, 5.74) is 9.13. The van der Waals surface area contributed by atoms with Gasteiger partial charge >= 0.3 is 0 Å². The van der Waals surface area contributed by atoms with Gasteiger partial charge in [0.1, 0.15) is 5.75 Å². The van der Waals surface area contributed by atoms with Crippen LogP contribution in [0.5, 0.6) is 5.75 Å². The summed E-state index contributed by atoms with van der Waals surface area (Å²) in [6.45, 7) is 8.25. The van der Waals surface area contributed by atoms with E-state index < -0.39 is 0 Å². The molecule has 0 radical (unpaired) electrons. The monoisotopic (exact) mass is 260 g/mol. The zero-order chi connectivity index (χ0) is 14.2. The van der Waals surface area contributed by atoms with Crippen molar-refractivity contribution in [1.82, 2.24) is 5.16 Å². The molecular weight excluding hydrogens is 240 g/mol. The summed E-state index contributed by atoms with van der Waals surface area (Å²) in [6.07, 6.45) is 1.56. The van der Waals surface area contributed by atoms with Crippen molar-refractivity contribution in [3.63, 3.8) is 0 Å². The molecule has 1 aromatic carbocycles. The first-order chi connectivity index (χ1) is 8.93. The van der Waals surface area contributed by atoms with Gasteiger partial charge in [0.15, 0.2) is 0 Å². The van der Waals surface area contributed by atoms with Crippen LogP contribution in [-0.4, -0.2) is 10.3 Å². The third-order valence-electron chi connectivity index (χ3n) is 3.35. The summed E-state index contributed by atoms with van der Waals surface area (Å²) in [5.74, 6) is 1.02. The first-order valence-electron chi connectivity index (χ1n) is 6.49. The topological polar surface area (TPSA) is 72.3 Å². The number of rotatable bonds is 3. The highest BCUT2D eigenvalue weighted by atomic mass is 16.5. The van der Waals surface area contributed by atoms with E-state index in [0.717, 1.165) is 16.7 Å². The smallest absolute Gasteiger partial charge is 0.230 e. The van der Waals surface area contributed by atoms with Crippen LogP contribution in [0, 0.1) is 0 Å². The van der Waals surface area contributed by atoms with E-state index in [1.807, 2.05) is 26.0 Å². The van der Waals surface area contributed by atoms with Crippen molar-refractivity contribution >= 4 is 5.88 Å². The van der Waals surface area contributed by atoms with Crippen molar-refractivity contribution in [2.75, 3.05) is 5.73 Å². The average Bonchev–Trinajstić information content (AvgIpc) is 2.74. The van der Waals surface area contributed by atoms with Crippen molar-refractivity contribution in [2.24, 2.45) is 0 Å². The van der Waals surface area contributed by atoms with Gasteiger partial charge in [0, 0.05) is 5.56 Å². The largest absolute Gasteiger partial charge is 0.507 e. The van der Waals surface area contributed by atoms with E-state index in [1.165, 1.54) is 0 Å². The van der Waals surface area contributed by atoms with E-state index >= 15 is 0 Å². The molecule has 0 bridgehead atoms. The second kappa shape index (κ2) is 4.96. The number of anilines is 1. The third-order valence-corrected chi connectivity index (χ3v) is 3.35. The quantitative estimate of drug-likeness (QED) is 0.878. The number of nitrogens with two attached hydrogens (primary N) is 1. The molecule has 0 fully saturated rings. The number of hydrogen-bond acceptors (Lipinski definition) is 4. The maximum absolute atomic E-state index is 10.6. The molecule has 0 saturated carbocycles. The van der Waals surface area contributed by atoms with Gasteiger partial charge in [0.2, 0.25) is 5.88 Å². The molecule has 4 nitrogen and oxygen atoms in total. The molecule has 102 valence electrons. The lowest BCUT2D eigenvalue weighted by Crippen LogP contribution is -1.98. The summed E-state index contributed by atoms with van der Waals surface area (Å²) < 4.78 is 4.93. The Kier molecular flexibility index (Phi) is 3.51. The van der Waals surface area contributed by atoms with E-state index in [9.17, 15) is 5.11 Å². The van der Waals surface area contributed by atoms with E-state index in [4.69, 9.17) is 10.3 Å². The Labute approximate surface area is 113 Å². The average molecular weight is 260 g/mol. The maximum Gasteiger partial charge on any atom is 0.230 e. The van der Waals surface area contributed by atoms with Crippen LogP contribution in [-0.2, 0) is 0 Å². The molecule has 0 atom stereocenters. The Hall–Kier alpha value is -1.97. The molecule has 1 heterocycles. The van der Waals surface area contributed by atoms with Crippen molar-refractivity contribution in [1.29, 1.82) is 0 Å². The molecule has 0 aliphatic heterocycles. The first kappa shape index (κ1) is 13.5. The number of aromatic nitrogens is 1. The second-order valence-corrected chi connectivity index (χ2v) is 5.38. The van der Waals surface area contributed by atoms with E-state index in [-0.39, 0.29) is 23.5 Å². The normalized spacial score (nSPS) is 11.5. The molecule has 1 aromatic heterocycles. The van der Waals surface area contributed by atoms with Crippen LogP contribution in [0.2, 0.25) is 0 Å². The molecule has 3 N–H and O–H groups in total. The number of aromatic hydroxyl groups is 1. The summed E-state index contributed by atoms with van der Waals surface area (Å²) in [7, 11) is 0. The van der Waals surface area contributed by atoms with Gasteiger partial charge in [-0.3, -0.25) is 0 Å². The summed E-state index contributed by atoms with van der Waals surface area (Å²) in [5, 5.41) is 14.3.